The first-order chi connectivity index (χ1) is 13.8. The van der Waals surface area contributed by atoms with E-state index in [2.05, 4.69) is 71.0 Å². The molecule has 1 aliphatic rings. The monoisotopic (exact) mass is 361 g/mol. The molecule has 5 rings (SSSR count). The van der Waals surface area contributed by atoms with Gasteiger partial charge in [0.05, 0.1) is 5.69 Å². The third kappa shape index (κ3) is 3.30. The van der Waals surface area contributed by atoms with E-state index in [1.807, 2.05) is 30.5 Å². The van der Waals surface area contributed by atoms with Gasteiger partial charge in [-0.25, -0.2) is 4.98 Å². The number of hydrogen-bond acceptors (Lipinski definition) is 3. The minimum absolute atomic E-state index is 0.847. The maximum atomic E-state index is 4.72. The quantitative estimate of drug-likeness (QED) is 0.431. The molecule has 2 heterocycles. The molecule has 0 atom stereocenters. The van der Waals surface area contributed by atoms with Crippen LogP contribution in [0.15, 0.2) is 85.2 Å². The summed E-state index contributed by atoms with van der Waals surface area (Å²) < 4.78 is 0. The Morgan fingerprint density at radius 2 is 1.61 bits per heavy atom. The Morgan fingerprint density at radius 1 is 0.714 bits per heavy atom. The van der Waals surface area contributed by atoms with Gasteiger partial charge in [-0.1, -0.05) is 48.5 Å². The second-order valence-electron chi connectivity index (χ2n) is 6.90. The molecule has 0 saturated heterocycles. The standard InChI is InChI=1S/C25H19N3/c1-2-6-18(7-3-1)22-15-21-14-20-16-23(28-25-8-4-5-13-26-25)11-9-19(20)10-12-24(21)27-17-22/h1-13,15-17H,14H2,(H,26,28). The molecule has 2 aromatic heterocycles. The molecule has 2 aromatic carbocycles. The van der Waals surface area contributed by atoms with Gasteiger partial charge in [-0.15, -0.1) is 0 Å². The molecule has 0 saturated carbocycles. The van der Waals surface area contributed by atoms with Gasteiger partial charge in [0.2, 0.25) is 0 Å². The topological polar surface area (TPSA) is 37.8 Å². The highest BCUT2D eigenvalue weighted by molar-refractivity contribution is 5.77. The van der Waals surface area contributed by atoms with Gasteiger partial charge in [-0.05, 0) is 58.7 Å². The molecule has 0 aliphatic heterocycles. The maximum absolute atomic E-state index is 4.72. The van der Waals surface area contributed by atoms with E-state index in [9.17, 15) is 0 Å². The van der Waals surface area contributed by atoms with Crippen molar-refractivity contribution in [3.8, 4) is 11.1 Å². The number of fused-ring (bicyclic) bond motifs is 2. The van der Waals surface area contributed by atoms with Gasteiger partial charge < -0.3 is 5.32 Å². The zero-order valence-corrected chi connectivity index (χ0v) is 15.3. The Kier molecular flexibility index (Phi) is 4.19. The summed E-state index contributed by atoms with van der Waals surface area (Å²) in [7, 11) is 0. The Hall–Kier alpha value is -3.72. The van der Waals surface area contributed by atoms with E-state index in [4.69, 9.17) is 4.98 Å². The van der Waals surface area contributed by atoms with E-state index in [0.717, 1.165) is 29.2 Å². The number of pyridine rings is 2. The van der Waals surface area contributed by atoms with E-state index in [-0.39, 0.29) is 0 Å². The van der Waals surface area contributed by atoms with Gasteiger partial charge in [0.15, 0.2) is 0 Å². The van der Waals surface area contributed by atoms with Gasteiger partial charge in [0, 0.05) is 30.1 Å². The molecule has 0 radical (unpaired) electrons. The van der Waals surface area contributed by atoms with Crippen molar-refractivity contribution in [1.29, 1.82) is 0 Å². The second-order valence-corrected chi connectivity index (χ2v) is 6.90. The van der Waals surface area contributed by atoms with E-state index >= 15 is 0 Å². The number of nitrogens with one attached hydrogen (secondary N) is 1. The van der Waals surface area contributed by atoms with Crippen LogP contribution in [0.4, 0.5) is 11.5 Å². The lowest BCUT2D eigenvalue weighted by Crippen LogP contribution is -1.98. The number of anilines is 2. The normalized spacial score (nSPS) is 12.0. The molecule has 4 aromatic rings. The fourth-order valence-electron chi connectivity index (χ4n) is 3.56. The summed E-state index contributed by atoms with van der Waals surface area (Å²) in [4.78, 5) is 9.07. The average molecular weight is 361 g/mol. The first kappa shape index (κ1) is 16.5. The van der Waals surface area contributed by atoms with Crippen molar-refractivity contribution in [1.82, 2.24) is 9.97 Å². The zero-order chi connectivity index (χ0) is 18.8. The van der Waals surface area contributed by atoms with Crippen molar-refractivity contribution >= 4 is 23.7 Å². The van der Waals surface area contributed by atoms with Crippen LogP contribution in [0.2, 0.25) is 0 Å². The van der Waals surface area contributed by atoms with Crippen molar-refractivity contribution < 1.29 is 0 Å². The van der Waals surface area contributed by atoms with E-state index in [1.165, 1.54) is 22.3 Å². The van der Waals surface area contributed by atoms with Crippen molar-refractivity contribution in [2.24, 2.45) is 0 Å². The van der Waals surface area contributed by atoms with E-state index in [0.29, 0.717) is 0 Å². The lowest BCUT2D eigenvalue weighted by molar-refractivity contribution is 1.13. The van der Waals surface area contributed by atoms with E-state index < -0.39 is 0 Å². The van der Waals surface area contributed by atoms with Gasteiger partial charge >= 0.3 is 0 Å². The van der Waals surface area contributed by atoms with Gasteiger partial charge in [0.25, 0.3) is 0 Å². The molecule has 1 aliphatic carbocycles. The van der Waals surface area contributed by atoms with Crippen LogP contribution in [0.5, 0.6) is 0 Å². The zero-order valence-electron chi connectivity index (χ0n) is 15.3. The second kappa shape index (κ2) is 7.12. The molecular weight excluding hydrogens is 342 g/mol. The number of benzene rings is 2. The maximum Gasteiger partial charge on any atom is 0.130 e. The first-order valence-electron chi connectivity index (χ1n) is 9.38. The van der Waals surface area contributed by atoms with Crippen molar-refractivity contribution in [2.45, 2.75) is 6.42 Å². The van der Waals surface area contributed by atoms with Crippen molar-refractivity contribution in [3.63, 3.8) is 0 Å². The molecule has 0 amide bonds. The smallest absolute Gasteiger partial charge is 0.130 e. The van der Waals surface area contributed by atoms with E-state index in [1.54, 1.807) is 6.20 Å². The predicted octanol–water partition coefficient (Wildman–Crippen LogP) is 5.96. The lowest BCUT2D eigenvalue weighted by atomic mass is 9.98. The molecule has 134 valence electrons. The molecule has 0 unspecified atom stereocenters. The molecule has 3 heteroatoms. The fraction of sp³-hybridized carbons (Fsp3) is 0.0400. The van der Waals surface area contributed by atoms with Crippen LogP contribution in [0, 0.1) is 0 Å². The lowest BCUT2D eigenvalue weighted by Gasteiger charge is -2.11. The van der Waals surface area contributed by atoms with Crippen LogP contribution in [0.25, 0.3) is 23.3 Å². The van der Waals surface area contributed by atoms with Crippen molar-refractivity contribution in [3.05, 3.63) is 108 Å². The summed E-state index contributed by atoms with van der Waals surface area (Å²) in [5, 5.41) is 3.38. The molecule has 0 fully saturated rings. The molecular formula is C25H19N3. The largest absolute Gasteiger partial charge is 0.340 e. The Balaban J connectivity index is 1.49. The predicted molar refractivity (Wildman–Crippen MR) is 115 cm³/mol. The van der Waals surface area contributed by atoms with Gasteiger partial charge in [-0.3, -0.25) is 4.98 Å². The molecule has 3 nitrogen and oxygen atoms in total. The summed E-state index contributed by atoms with van der Waals surface area (Å²) in [6.07, 6.45) is 8.87. The number of nitrogens with zero attached hydrogens (tertiary/aromatic N) is 2. The molecule has 28 heavy (non-hydrogen) atoms. The minimum atomic E-state index is 0.847. The third-order valence-corrected chi connectivity index (χ3v) is 4.99. The summed E-state index contributed by atoms with van der Waals surface area (Å²) >= 11 is 0. The number of rotatable bonds is 3. The molecule has 1 N–H and O–H groups in total. The molecule has 0 spiro atoms. The van der Waals surface area contributed by atoms with Crippen LogP contribution < -0.4 is 5.32 Å². The van der Waals surface area contributed by atoms with Gasteiger partial charge in [0.1, 0.15) is 5.82 Å². The summed E-state index contributed by atoms with van der Waals surface area (Å²) in [6, 6.07) is 25.0. The fourth-order valence-corrected chi connectivity index (χ4v) is 3.56. The Labute approximate surface area is 164 Å². The summed E-state index contributed by atoms with van der Waals surface area (Å²) in [5.74, 6) is 0.847. The minimum Gasteiger partial charge on any atom is -0.340 e. The number of aromatic nitrogens is 2. The first-order valence-corrected chi connectivity index (χ1v) is 9.38. The molecule has 0 bridgehead atoms. The van der Waals surface area contributed by atoms with Crippen LogP contribution >= 0.6 is 0 Å². The highest BCUT2D eigenvalue weighted by Gasteiger charge is 2.12. The van der Waals surface area contributed by atoms with Crippen LogP contribution in [0.3, 0.4) is 0 Å². The SMILES string of the molecule is C1=Cc2ncc(-c3ccccc3)cc2Cc2cc(Nc3ccccn3)ccc21. The van der Waals surface area contributed by atoms with Crippen molar-refractivity contribution in [2.75, 3.05) is 5.32 Å². The van der Waals surface area contributed by atoms with Gasteiger partial charge in [-0.2, -0.15) is 0 Å². The van der Waals surface area contributed by atoms with Crippen LogP contribution in [0.1, 0.15) is 22.4 Å². The highest BCUT2D eigenvalue weighted by atomic mass is 15.0. The summed E-state index contributed by atoms with van der Waals surface area (Å²) in [6.45, 7) is 0. The van der Waals surface area contributed by atoms with Crippen LogP contribution in [-0.2, 0) is 6.42 Å². The third-order valence-electron chi connectivity index (χ3n) is 4.99. The average Bonchev–Trinajstić information content (AvgIpc) is 2.93. The Bertz CT molecular complexity index is 1150. The highest BCUT2D eigenvalue weighted by Crippen LogP contribution is 2.29. The number of hydrogen-bond donors (Lipinski definition) is 1. The van der Waals surface area contributed by atoms with Crippen LogP contribution in [-0.4, -0.2) is 9.97 Å². The Morgan fingerprint density at radius 3 is 2.46 bits per heavy atom. The summed E-state index contributed by atoms with van der Waals surface area (Å²) in [5.41, 5.74) is 8.17.